The van der Waals surface area contributed by atoms with Gasteiger partial charge in [0.05, 0.1) is 11.4 Å². The Bertz CT molecular complexity index is 1540. The second-order valence-electron chi connectivity index (χ2n) is 8.60. The van der Waals surface area contributed by atoms with Crippen molar-refractivity contribution in [2.75, 3.05) is 18.0 Å². The number of carbonyl (C=O) groups is 4. The largest absolute Gasteiger partial charge is 0.480 e. The van der Waals surface area contributed by atoms with Crippen LogP contribution in [0, 0.1) is 0 Å². The lowest BCUT2D eigenvalue weighted by atomic mass is 10.0. The summed E-state index contributed by atoms with van der Waals surface area (Å²) in [4.78, 5) is 59.5. The fraction of sp³-hybridized carbons (Fsp3) is 0.107. The monoisotopic (exact) mass is 509 g/mol. The summed E-state index contributed by atoms with van der Waals surface area (Å²) >= 11 is 0. The molecule has 190 valence electrons. The van der Waals surface area contributed by atoms with E-state index < -0.39 is 42.9 Å². The third kappa shape index (κ3) is 5.00. The number of benzene rings is 3. The van der Waals surface area contributed by atoms with Crippen LogP contribution in [-0.4, -0.2) is 58.7 Å². The lowest BCUT2D eigenvalue weighted by Crippen LogP contribution is -2.50. The number of nitrogens with zero attached hydrogens (tertiary/aromatic N) is 2. The molecule has 0 saturated carbocycles. The molecule has 1 aliphatic heterocycles. The molecule has 3 aromatic carbocycles. The summed E-state index contributed by atoms with van der Waals surface area (Å²) < 4.78 is 0. The van der Waals surface area contributed by atoms with Gasteiger partial charge in [0, 0.05) is 22.0 Å². The molecule has 0 aliphatic carbocycles. The van der Waals surface area contributed by atoms with E-state index in [0.717, 1.165) is 16.5 Å². The minimum atomic E-state index is -1.36. The fourth-order valence-corrected chi connectivity index (χ4v) is 4.28. The maximum absolute atomic E-state index is 13.8. The van der Waals surface area contributed by atoms with Crippen LogP contribution in [0.25, 0.3) is 10.9 Å². The second-order valence-corrected chi connectivity index (χ2v) is 8.60. The van der Waals surface area contributed by atoms with Gasteiger partial charge in [0.25, 0.3) is 11.8 Å². The van der Waals surface area contributed by atoms with Crippen molar-refractivity contribution < 1.29 is 24.3 Å². The zero-order chi connectivity index (χ0) is 26.6. The van der Waals surface area contributed by atoms with E-state index in [9.17, 15) is 19.2 Å². The van der Waals surface area contributed by atoms with E-state index in [2.05, 4.69) is 20.6 Å². The molecule has 1 aliphatic rings. The highest BCUT2D eigenvalue weighted by atomic mass is 16.4. The Kier molecular flexibility index (Phi) is 6.68. The molecule has 1 unspecified atom stereocenters. The Labute approximate surface area is 217 Å². The van der Waals surface area contributed by atoms with Crippen LogP contribution in [0.5, 0.6) is 0 Å². The molecule has 3 amide bonds. The summed E-state index contributed by atoms with van der Waals surface area (Å²) in [5.74, 6) is -3.06. The number of hydrogen-bond donors (Lipinski definition) is 4. The van der Waals surface area contributed by atoms with Crippen LogP contribution in [0.15, 0.2) is 89.9 Å². The summed E-state index contributed by atoms with van der Waals surface area (Å²) in [6.07, 6.45) is -1.36. The molecule has 4 N–H and O–H groups in total. The number of fused-ring (bicyclic) bond motifs is 2. The predicted molar refractivity (Wildman–Crippen MR) is 141 cm³/mol. The molecule has 0 radical (unpaired) electrons. The number of aromatic amines is 1. The van der Waals surface area contributed by atoms with Gasteiger partial charge < -0.3 is 20.7 Å². The lowest BCUT2D eigenvalue weighted by molar-refractivity contribution is -0.137. The van der Waals surface area contributed by atoms with E-state index in [0.29, 0.717) is 17.0 Å². The molecule has 5 rings (SSSR count). The fourth-order valence-electron chi connectivity index (χ4n) is 4.28. The molecule has 10 nitrogen and oxygen atoms in total. The second kappa shape index (κ2) is 10.4. The first kappa shape index (κ1) is 24.4. The number of H-pyrrole nitrogens is 1. The number of benzodiazepines with no additional fused rings is 1. The number of aromatic nitrogens is 1. The maximum atomic E-state index is 13.8. The Morgan fingerprint density at radius 2 is 1.66 bits per heavy atom. The van der Waals surface area contributed by atoms with Crippen LogP contribution < -0.4 is 15.5 Å². The SMILES string of the molecule is O=C(O)CNC(=O)CN1C(=O)C(NC(=O)c2cc3ccccc3[nH]2)N=C(c2ccccc2)c2ccccc21. The van der Waals surface area contributed by atoms with Crippen LogP contribution in [0.3, 0.4) is 0 Å². The number of nitrogens with one attached hydrogen (secondary N) is 3. The summed E-state index contributed by atoms with van der Waals surface area (Å²) in [6.45, 7) is -1.05. The minimum absolute atomic E-state index is 0.253. The van der Waals surface area contributed by atoms with Crippen molar-refractivity contribution in [1.82, 2.24) is 15.6 Å². The molecular formula is C28H23N5O5. The zero-order valence-electron chi connectivity index (χ0n) is 20.0. The molecule has 0 bridgehead atoms. The van der Waals surface area contributed by atoms with E-state index in [1.165, 1.54) is 4.90 Å². The van der Waals surface area contributed by atoms with Gasteiger partial charge >= 0.3 is 5.97 Å². The van der Waals surface area contributed by atoms with E-state index in [1.54, 1.807) is 30.3 Å². The summed E-state index contributed by atoms with van der Waals surface area (Å²) in [5, 5.41) is 14.7. The zero-order valence-corrected chi connectivity index (χ0v) is 20.0. The first-order chi connectivity index (χ1) is 18.4. The topological polar surface area (TPSA) is 144 Å². The number of carboxylic acid groups (broad SMARTS) is 1. The average molecular weight is 510 g/mol. The third-order valence-electron chi connectivity index (χ3n) is 6.04. The van der Waals surface area contributed by atoms with Crippen LogP contribution in [-0.2, 0) is 14.4 Å². The highest BCUT2D eigenvalue weighted by Gasteiger charge is 2.34. The third-order valence-corrected chi connectivity index (χ3v) is 6.04. The number of aliphatic carboxylic acids is 1. The standard InChI is InChI=1S/C28H23N5O5/c34-23(29-15-24(35)36)16-33-22-13-7-5-11-19(22)25(17-8-2-1-3-9-17)31-26(28(33)38)32-27(37)21-14-18-10-4-6-12-20(18)30-21/h1-14,26,30H,15-16H2,(H,29,34)(H,32,37)(H,35,36). The van der Waals surface area contributed by atoms with Gasteiger partial charge in [0.1, 0.15) is 18.8 Å². The van der Waals surface area contributed by atoms with E-state index in [1.807, 2.05) is 54.6 Å². The van der Waals surface area contributed by atoms with Crippen molar-refractivity contribution in [2.24, 2.45) is 4.99 Å². The molecule has 10 heteroatoms. The average Bonchev–Trinajstić information content (AvgIpc) is 3.33. The highest BCUT2D eigenvalue weighted by Crippen LogP contribution is 2.28. The molecule has 0 spiro atoms. The van der Waals surface area contributed by atoms with E-state index >= 15 is 0 Å². The number of anilines is 1. The van der Waals surface area contributed by atoms with Crippen LogP contribution in [0.4, 0.5) is 5.69 Å². The van der Waals surface area contributed by atoms with Gasteiger partial charge in [0.2, 0.25) is 12.1 Å². The van der Waals surface area contributed by atoms with E-state index in [-0.39, 0.29) is 5.69 Å². The highest BCUT2D eigenvalue weighted by molar-refractivity contribution is 6.21. The predicted octanol–water partition coefficient (Wildman–Crippen LogP) is 2.31. The molecule has 0 fully saturated rings. The molecular weight excluding hydrogens is 486 g/mol. The van der Waals surface area contributed by atoms with Crippen LogP contribution in [0.2, 0.25) is 0 Å². The molecule has 38 heavy (non-hydrogen) atoms. The number of carbonyl (C=O) groups excluding carboxylic acids is 3. The van der Waals surface area contributed by atoms with Gasteiger partial charge in [-0.05, 0) is 18.2 Å². The van der Waals surface area contributed by atoms with Gasteiger partial charge in [-0.25, -0.2) is 4.99 Å². The molecule has 1 aromatic heterocycles. The first-order valence-corrected chi connectivity index (χ1v) is 11.8. The van der Waals surface area contributed by atoms with Gasteiger partial charge in [-0.15, -0.1) is 0 Å². The Morgan fingerprint density at radius 3 is 2.42 bits per heavy atom. The van der Waals surface area contributed by atoms with Crippen molar-refractivity contribution in [2.45, 2.75) is 6.17 Å². The number of rotatable bonds is 7. The smallest absolute Gasteiger partial charge is 0.322 e. The summed E-state index contributed by atoms with van der Waals surface area (Å²) in [5.41, 5.74) is 3.19. The lowest BCUT2D eigenvalue weighted by Gasteiger charge is -2.24. The minimum Gasteiger partial charge on any atom is -0.480 e. The molecule has 1 atom stereocenters. The van der Waals surface area contributed by atoms with Crippen molar-refractivity contribution in [3.8, 4) is 0 Å². The van der Waals surface area contributed by atoms with Crippen LogP contribution in [0.1, 0.15) is 21.6 Å². The van der Waals surface area contributed by atoms with Crippen molar-refractivity contribution in [3.63, 3.8) is 0 Å². The van der Waals surface area contributed by atoms with Crippen molar-refractivity contribution >= 4 is 46.0 Å². The molecule has 0 saturated heterocycles. The van der Waals surface area contributed by atoms with Gasteiger partial charge in [-0.2, -0.15) is 0 Å². The van der Waals surface area contributed by atoms with Gasteiger partial charge in [-0.1, -0.05) is 66.7 Å². The molecule has 4 aromatic rings. The summed E-state index contributed by atoms with van der Waals surface area (Å²) in [7, 11) is 0. The number of carboxylic acids is 1. The Hall–Kier alpha value is -5.25. The normalized spacial score (nSPS) is 14.8. The van der Waals surface area contributed by atoms with Crippen LogP contribution >= 0.6 is 0 Å². The number of para-hydroxylation sites is 2. The first-order valence-electron chi connectivity index (χ1n) is 11.8. The van der Waals surface area contributed by atoms with E-state index in [4.69, 9.17) is 5.11 Å². The van der Waals surface area contributed by atoms with Crippen molar-refractivity contribution in [3.05, 3.63) is 102 Å². The van der Waals surface area contributed by atoms with Crippen molar-refractivity contribution in [1.29, 1.82) is 0 Å². The number of amides is 3. The Balaban J connectivity index is 1.54. The number of aliphatic imine (C=N–C) groups is 1. The quantitative estimate of drug-likeness (QED) is 0.302. The summed E-state index contributed by atoms with van der Waals surface area (Å²) in [6, 6.07) is 25.2. The van der Waals surface area contributed by atoms with Gasteiger partial charge in [-0.3, -0.25) is 24.1 Å². The molecule has 2 heterocycles. The van der Waals surface area contributed by atoms with Gasteiger partial charge in [0.15, 0.2) is 0 Å². The number of hydrogen-bond acceptors (Lipinski definition) is 5. The maximum Gasteiger partial charge on any atom is 0.322 e. The Morgan fingerprint density at radius 1 is 0.947 bits per heavy atom.